The van der Waals surface area contributed by atoms with Crippen molar-refractivity contribution in [2.75, 3.05) is 14.2 Å². The number of benzene rings is 1. The predicted octanol–water partition coefficient (Wildman–Crippen LogP) is 2.17. The third-order valence-electron chi connectivity index (χ3n) is 3.20. The summed E-state index contributed by atoms with van der Waals surface area (Å²) in [5.74, 6) is 2.41. The molecule has 6 heteroatoms. The molecular formula is C15H22N4O2. The van der Waals surface area contributed by atoms with Crippen LogP contribution in [0.25, 0.3) is 0 Å². The van der Waals surface area contributed by atoms with Crippen LogP contribution in [0.15, 0.2) is 24.5 Å². The number of ether oxygens (including phenoxy) is 2. The number of hydrogen-bond acceptors (Lipinski definition) is 5. The van der Waals surface area contributed by atoms with Gasteiger partial charge in [0, 0.05) is 12.6 Å². The smallest absolute Gasteiger partial charge is 0.161 e. The van der Waals surface area contributed by atoms with Crippen LogP contribution in [0.2, 0.25) is 0 Å². The fraction of sp³-hybridized carbons (Fsp3) is 0.467. The average Bonchev–Trinajstić information content (AvgIpc) is 2.95. The Bertz CT molecular complexity index is 581. The standard InChI is InChI=1S/C15H22N4O2/c1-11(2)19-15(17-10-18-19)9-16-8-12-5-6-13(20-3)14(7-12)21-4/h5-7,10-11,16H,8-9H2,1-4H3. The van der Waals surface area contributed by atoms with E-state index < -0.39 is 0 Å². The number of aromatic nitrogens is 3. The van der Waals surface area contributed by atoms with Crippen molar-refractivity contribution in [1.82, 2.24) is 20.1 Å². The Balaban J connectivity index is 1.96. The van der Waals surface area contributed by atoms with Crippen molar-refractivity contribution in [1.29, 1.82) is 0 Å². The summed E-state index contributed by atoms with van der Waals surface area (Å²) in [7, 11) is 3.27. The van der Waals surface area contributed by atoms with Gasteiger partial charge in [0.1, 0.15) is 12.2 Å². The van der Waals surface area contributed by atoms with Crippen molar-refractivity contribution in [2.45, 2.75) is 33.0 Å². The second-order valence-electron chi connectivity index (χ2n) is 5.01. The van der Waals surface area contributed by atoms with Gasteiger partial charge in [-0.05, 0) is 31.5 Å². The van der Waals surface area contributed by atoms with Gasteiger partial charge in [0.15, 0.2) is 11.5 Å². The molecule has 0 atom stereocenters. The molecule has 1 heterocycles. The SMILES string of the molecule is COc1ccc(CNCc2ncnn2C(C)C)cc1OC. The van der Waals surface area contributed by atoms with Crippen LogP contribution >= 0.6 is 0 Å². The monoisotopic (exact) mass is 290 g/mol. The molecular weight excluding hydrogens is 268 g/mol. The van der Waals surface area contributed by atoms with Gasteiger partial charge in [-0.3, -0.25) is 0 Å². The highest BCUT2D eigenvalue weighted by Gasteiger charge is 2.08. The molecule has 0 unspecified atom stereocenters. The first-order chi connectivity index (χ1) is 10.2. The van der Waals surface area contributed by atoms with Gasteiger partial charge >= 0.3 is 0 Å². The summed E-state index contributed by atoms with van der Waals surface area (Å²) in [5.41, 5.74) is 1.13. The molecule has 0 amide bonds. The minimum Gasteiger partial charge on any atom is -0.493 e. The molecule has 0 radical (unpaired) electrons. The first kappa shape index (κ1) is 15.3. The Morgan fingerprint density at radius 3 is 2.57 bits per heavy atom. The molecule has 1 aromatic heterocycles. The van der Waals surface area contributed by atoms with Crippen molar-refractivity contribution < 1.29 is 9.47 Å². The molecule has 6 nitrogen and oxygen atoms in total. The zero-order valence-corrected chi connectivity index (χ0v) is 13.0. The lowest BCUT2D eigenvalue weighted by atomic mass is 10.2. The van der Waals surface area contributed by atoms with E-state index in [0.717, 1.165) is 29.4 Å². The van der Waals surface area contributed by atoms with Gasteiger partial charge in [0.2, 0.25) is 0 Å². The highest BCUT2D eigenvalue weighted by Crippen LogP contribution is 2.27. The number of methoxy groups -OCH3 is 2. The highest BCUT2D eigenvalue weighted by molar-refractivity contribution is 5.42. The molecule has 2 aromatic rings. The summed E-state index contributed by atoms with van der Waals surface area (Å²) in [6, 6.07) is 6.21. The van der Waals surface area contributed by atoms with Gasteiger partial charge < -0.3 is 14.8 Å². The quantitative estimate of drug-likeness (QED) is 0.846. The molecule has 0 aliphatic carbocycles. The van der Waals surface area contributed by atoms with E-state index in [1.807, 2.05) is 22.9 Å². The first-order valence-corrected chi connectivity index (χ1v) is 6.95. The number of rotatable bonds is 7. The highest BCUT2D eigenvalue weighted by atomic mass is 16.5. The van der Waals surface area contributed by atoms with Crippen LogP contribution in [0.4, 0.5) is 0 Å². The second-order valence-corrected chi connectivity index (χ2v) is 5.01. The van der Waals surface area contributed by atoms with Gasteiger partial charge in [-0.15, -0.1) is 0 Å². The Hall–Kier alpha value is -2.08. The lowest BCUT2D eigenvalue weighted by molar-refractivity contribution is 0.354. The summed E-state index contributed by atoms with van der Waals surface area (Å²) >= 11 is 0. The van der Waals surface area contributed by atoms with Crippen LogP contribution in [-0.2, 0) is 13.1 Å². The van der Waals surface area contributed by atoms with Crippen molar-refractivity contribution in [3.63, 3.8) is 0 Å². The molecule has 2 rings (SSSR count). The molecule has 114 valence electrons. The van der Waals surface area contributed by atoms with Crippen molar-refractivity contribution >= 4 is 0 Å². The molecule has 0 aliphatic heterocycles. The van der Waals surface area contributed by atoms with Crippen molar-refractivity contribution in [3.05, 3.63) is 35.9 Å². The van der Waals surface area contributed by atoms with Crippen LogP contribution in [0.1, 0.15) is 31.3 Å². The number of hydrogen-bond donors (Lipinski definition) is 1. The van der Waals surface area contributed by atoms with Gasteiger partial charge in [0.25, 0.3) is 0 Å². The molecule has 0 bridgehead atoms. The fourth-order valence-electron chi connectivity index (χ4n) is 2.14. The van der Waals surface area contributed by atoms with E-state index in [1.165, 1.54) is 0 Å². The molecule has 1 aromatic carbocycles. The van der Waals surface area contributed by atoms with E-state index in [9.17, 15) is 0 Å². The van der Waals surface area contributed by atoms with Crippen LogP contribution < -0.4 is 14.8 Å². The lowest BCUT2D eigenvalue weighted by Gasteiger charge is -2.11. The predicted molar refractivity (Wildman–Crippen MR) is 80.5 cm³/mol. The zero-order valence-electron chi connectivity index (χ0n) is 13.0. The van der Waals surface area contributed by atoms with Gasteiger partial charge in [0.05, 0.1) is 20.8 Å². The van der Waals surface area contributed by atoms with Gasteiger partial charge in [-0.1, -0.05) is 6.07 Å². The molecule has 0 spiro atoms. The molecule has 0 saturated carbocycles. The van der Waals surface area contributed by atoms with Crippen molar-refractivity contribution in [3.8, 4) is 11.5 Å². The molecule has 0 fully saturated rings. The average molecular weight is 290 g/mol. The Labute approximate surface area is 125 Å². The Kier molecular flexibility index (Phi) is 5.16. The maximum Gasteiger partial charge on any atom is 0.161 e. The maximum atomic E-state index is 5.30. The summed E-state index contributed by atoms with van der Waals surface area (Å²) in [6.45, 7) is 5.58. The second kappa shape index (κ2) is 7.08. The molecule has 1 N–H and O–H groups in total. The summed E-state index contributed by atoms with van der Waals surface area (Å²) in [4.78, 5) is 4.27. The lowest BCUT2D eigenvalue weighted by Crippen LogP contribution is -2.18. The minimum atomic E-state index is 0.311. The maximum absolute atomic E-state index is 5.30. The number of nitrogens with zero attached hydrogens (tertiary/aromatic N) is 3. The van der Waals surface area contributed by atoms with Crippen LogP contribution in [-0.4, -0.2) is 29.0 Å². The van der Waals surface area contributed by atoms with Gasteiger partial charge in [-0.25, -0.2) is 9.67 Å². The summed E-state index contributed by atoms with van der Waals surface area (Å²) in [6.07, 6.45) is 1.59. The first-order valence-electron chi connectivity index (χ1n) is 6.95. The van der Waals surface area contributed by atoms with E-state index in [4.69, 9.17) is 9.47 Å². The Morgan fingerprint density at radius 2 is 1.90 bits per heavy atom. The third kappa shape index (κ3) is 3.72. The van der Waals surface area contributed by atoms with E-state index in [0.29, 0.717) is 12.6 Å². The Morgan fingerprint density at radius 1 is 1.14 bits per heavy atom. The fourth-order valence-corrected chi connectivity index (χ4v) is 2.14. The topological polar surface area (TPSA) is 61.2 Å². The van der Waals surface area contributed by atoms with E-state index in [2.05, 4.69) is 29.2 Å². The van der Waals surface area contributed by atoms with Gasteiger partial charge in [-0.2, -0.15) is 5.10 Å². The van der Waals surface area contributed by atoms with Crippen LogP contribution in [0, 0.1) is 0 Å². The van der Waals surface area contributed by atoms with E-state index >= 15 is 0 Å². The summed E-state index contributed by atoms with van der Waals surface area (Å²) in [5, 5.41) is 7.59. The van der Waals surface area contributed by atoms with Crippen molar-refractivity contribution in [2.24, 2.45) is 0 Å². The number of nitrogens with one attached hydrogen (secondary N) is 1. The zero-order chi connectivity index (χ0) is 15.2. The normalized spacial score (nSPS) is 10.9. The summed E-state index contributed by atoms with van der Waals surface area (Å²) < 4.78 is 12.4. The minimum absolute atomic E-state index is 0.311. The third-order valence-corrected chi connectivity index (χ3v) is 3.20. The van der Waals surface area contributed by atoms with E-state index in [1.54, 1.807) is 20.5 Å². The van der Waals surface area contributed by atoms with Crippen LogP contribution in [0.5, 0.6) is 11.5 Å². The van der Waals surface area contributed by atoms with Crippen LogP contribution in [0.3, 0.4) is 0 Å². The largest absolute Gasteiger partial charge is 0.493 e. The molecule has 0 aliphatic rings. The van der Waals surface area contributed by atoms with E-state index in [-0.39, 0.29) is 0 Å². The molecule has 21 heavy (non-hydrogen) atoms. The molecule has 0 saturated heterocycles.